The van der Waals surface area contributed by atoms with Crippen LogP contribution in [0.25, 0.3) is 0 Å². The van der Waals surface area contributed by atoms with Gasteiger partial charge < -0.3 is 18.9 Å². The molecule has 1 unspecified atom stereocenters. The van der Waals surface area contributed by atoms with E-state index in [-0.39, 0.29) is 5.97 Å². The van der Waals surface area contributed by atoms with Crippen LogP contribution < -0.4 is 14.2 Å². The molecule has 2 aromatic carbocycles. The normalized spacial score (nSPS) is 16.0. The molecule has 0 radical (unpaired) electrons. The van der Waals surface area contributed by atoms with Crippen molar-refractivity contribution in [2.45, 2.75) is 6.10 Å². The number of hydrogen-bond acceptors (Lipinski definition) is 5. The van der Waals surface area contributed by atoms with E-state index in [9.17, 15) is 4.79 Å². The maximum atomic E-state index is 12.1. The number of methoxy groups -OCH3 is 3. The van der Waals surface area contributed by atoms with Crippen molar-refractivity contribution in [1.82, 2.24) is 0 Å². The highest BCUT2D eigenvalue weighted by atomic mass is 16.6. The van der Waals surface area contributed by atoms with Gasteiger partial charge in [-0.1, -0.05) is 12.1 Å². The number of carbonyl (C=O) groups is 1. The maximum Gasteiger partial charge on any atom is 0.339 e. The largest absolute Gasteiger partial charge is 0.497 e. The molecular weight excluding hydrogens is 284 g/mol. The van der Waals surface area contributed by atoms with Crippen molar-refractivity contribution in [3.63, 3.8) is 0 Å². The molecule has 0 N–H and O–H groups in total. The SMILES string of the molecule is COc1ccc(C2OC(=O)c3cc(OC)c(OC)cc32)cc1. The molecule has 114 valence electrons. The molecule has 0 fully saturated rings. The molecule has 0 amide bonds. The number of ether oxygens (including phenoxy) is 4. The average molecular weight is 300 g/mol. The van der Waals surface area contributed by atoms with Gasteiger partial charge >= 0.3 is 5.97 Å². The summed E-state index contributed by atoms with van der Waals surface area (Å²) in [6.45, 7) is 0. The summed E-state index contributed by atoms with van der Waals surface area (Å²) in [5.41, 5.74) is 2.14. The molecule has 3 rings (SSSR count). The van der Waals surface area contributed by atoms with Crippen LogP contribution in [0, 0.1) is 0 Å². The first kappa shape index (κ1) is 14.3. The van der Waals surface area contributed by atoms with Crippen LogP contribution in [0.3, 0.4) is 0 Å². The molecular formula is C17H16O5. The number of benzene rings is 2. The van der Waals surface area contributed by atoms with Crippen molar-refractivity contribution in [3.05, 3.63) is 53.1 Å². The first-order valence-corrected chi connectivity index (χ1v) is 6.78. The Morgan fingerprint density at radius 1 is 0.909 bits per heavy atom. The number of fused-ring (bicyclic) bond motifs is 1. The van der Waals surface area contributed by atoms with Crippen molar-refractivity contribution in [2.24, 2.45) is 0 Å². The van der Waals surface area contributed by atoms with Crippen LogP contribution in [-0.4, -0.2) is 27.3 Å². The predicted octanol–water partition coefficient (Wildman–Crippen LogP) is 2.97. The summed E-state index contributed by atoms with van der Waals surface area (Å²) in [6, 6.07) is 10.9. The minimum absolute atomic E-state index is 0.364. The Morgan fingerprint density at radius 2 is 1.55 bits per heavy atom. The highest BCUT2D eigenvalue weighted by Crippen LogP contribution is 2.41. The number of carbonyl (C=O) groups excluding carboxylic acids is 1. The third kappa shape index (κ3) is 2.24. The lowest BCUT2D eigenvalue weighted by Crippen LogP contribution is -2.00. The highest BCUT2D eigenvalue weighted by Gasteiger charge is 2.34. The zero-order chi connectivity index (χ0) is 15.7. The molecule has 0 aromatic heterocycles. The molecule has 1 aliphatic rings. The lowest BCUT2D eigenvalue weighted by atomic mass is 9.98. The third-order valence-corrected chi connectivity index (χ3v) is 3.70. The van der Waals surface area contributed by atoms with E-state index in [1.54, 1.807) is 26.4 Å². The van der Waals surface area contributed by atoms with Crippen molar-refractivity contribution in [3.8, 4) is 17.2 Å². The molecule has 0 saturated carbocycles. The van der Waals surface area contributed by atoms with Crippen LogP contribution in [0.4, 0.5) is 0 Å². The Morgan fingerprint density at radius 3 is 2.14 bits per heavy atom. The van der Waals surface area contributed by atoms with Gasteiger partial charge in [-0.15, -0.1) is 0 Å². The minimum Gasteiger partial charge on any atom is -0.497 e. The van der Waals surface area contributed by atoms with Gasteiger partial charge in [-0.2, -0.15) is 0 Å². The van der Waals surface area contributed by atoms with Crippen LogP contribution in [0.2, 0.25) is 0 Å². The van der Waals surface area contributed by atoms with Crippen LogP contribution >= 0.6 is 0 Å². The van der Waals surface area contributed by atoms with E-state index < -0.39 is 6.10 Å². The average Bonchev–Trinajstić information content (AvgIpc) is 2.89. The van der Waals surface area contributed by atoms with Crippen LogP contribution in [0.1, 0.15) is 27.6 Å². The number of esters is 1. The van der Waals surface area contributed by atoms with Crippen LogP contribution in [0.15, 0.2) is 36.4 Å². The van der Waals surface area contributed by atoms with E-state index in [0.29, 0.717) is 17.1 Å². The maximum absolute atomic E-state index is 12.1. The van der Waals surface area contributed by atoms with Gasteiger partial charge in [-0.25, -0.2) is 4.79 Å². The molecule has 1 heterocycles. The van der Waals surface area contributed by atoms with Gasteiger partial charge in [-0.05, 0) is 29.8 Å². The van der Waals surface area contributed by atoms with E-state index in [4.69, 9.17) is 18.9 Å². The van der Waals surface area contributed by atoms with Gasteiger partial charge in [0.15, 0.2) is 17.6 Å². The number of cyclic esters (lactones) is 1. The Kier molecular flexibility index (Phi) is 3.63. The van der Waals surface area contributed by atoms with Gasteiger partial charge in [0.1, 0.15) is 5.75 Å². The summed E-state index contributed by atoms with van der Waals surface area (Å²) in [5.74, 6) is 1.46. The standard InChI is InChI=1S/C17H16O5/c1-19-11-6-4-10(5-7-11)16-12-8-14(20-2)15(21-3)9-13(12)17(18)22-16/h4-9,16H,1-3H3. The number of rotatable bonds is 4. The quantitative estimate of drug-likeness (QED) is 0.813. The summed E-state index contributed by atoms with van der Waals surface area (Å²) >= 11 is 0. The summed E-state index contributed by atoms with van der Waals surface area (Å²) in [7, 11) is 4.70. The topological polar surface area (TPSA) is 54.0 Å². The fourth-order valence-electron chi connectivity index (χ4n) is 2.55. The first-order valence-electron chi connectivity index (χ1n) is 6.78. The second-order valence-corrected chi connectivity index (χ2v) is 4.85. The van der Waals surface area contributed by atoms with Crippen molar-refractivity contribution in [2.75, 3.05) is 21.3 Å². The monoisotopic (exact) mass is 300 g/mol. The molecule has 2 aromatic rings. The lowest BCUT2D eigenvalue weighted by Gasteiger charge is -2.13. The van der Waals surface area contributed by atoms with E-state index in [1.807, 2.05) is 24.3 Å². The lowest BCUT2D eigenvalue weighted by molar-refractivity contribution is 0.0455. The van der Waals surface area contributed by atoms with Crippen LogP contribution in [0.5, 0.6) is 17.2 Å². The molecule has 0 spiro atoms. The molecule has 0 aliphatic carbocycles. The molecule has 5 heteroatoms. The van der Waals surface area contributed by atoms with Crippen molar-refractivity contribution >= 4 is 5.97 Å². The zero-order valence-electron chi connectivity index (χ0n) is 12.6. The summed E-state index contributed by atoms with van der Waals surface area (Å²) in [6.07, 6.45) is -0.451. The molecule has 1 aliphatic heterocycles. The highest BCUT2D eigenvalue weighted by molar-refractivity contribution is 5.95. The fraction of sp³-hybridized carbons (Fsp3) is 0.235. The Labute approximate surface area is 128 Å². The molecule has 22 heavy (non-hydrogen) atoms. The van der Waals surface area contributed by atoms with Gasteiger partial charge in [0, 0.05) is 5.56 Å². The second-order valence-electron chi connectivity index (χ2n) is 4.85. The van der Waals surface area contributed by atoms with Crippen molar-refractivity contribution in [1.29, 1.82) is 0 Å². The Balaban J connectivity index is 2.05. The van der Waals surface area contributed by atoms with Crippen molar-refractivity contribution < 1.29 is 23.7 Å². The molecule has 0 bridgehead atoms. The van der Waals surface area contributed by atoms with Gasteiger partial charge in [0.2, 0.25) is 0 Å². The third-order valence-electron chi connectivity index (χ3n) is 3.70. The zero-order valence-corrected chi connectivity index (χ0v) is 12.6. The summed E-state index contributed by atoms with van der Waals surface area (Å²) < 4.78 is 21.2. The molecule has 1 atom stereocenters. The van der Waals surface area contributed by atoms with E-state index >= 15 is 0 Å². The van der Waals surface area contributed by atoms with E-state index in [0.717, 1.165) is 16.9 Å². The fourth-order valence-corrected chi connectivity index (χ4v) is 2.55. The van der Waals surface area contributed by atoms with E-state index in [2.05, 4.69) is 0 Å². The Bertz CT molecular complexity index is 706. The van der Waals surface area contributed by atoms with Gasteiger partial charge in [-0.3, -0.25) is 0 Å². The predicted molar refractivity (Wildman–Crippen MR) is 79.8 cm³/mol. The summed E-state index contributed by atoms with van der Waals surface area (Å²) in [4.78, 5) is 12.1. The minimum atomic E-state index is -0.451. The number of hydrogen-bond donors (Lipinski definition) is 0. The van der Waals surface area contributed by atoms with Gasteiger partial charge in [0.25, 0.3) is 0 Å². The van der Waals surface area contributed by atoms with E-state index in [1.165, 1.54) is 7.11 Å². The smallest absolute Gasteiger partial charge is 0.339 e. The van der Waals surface area contributed by atoms with Gasteiger partial charge in [0.05, 0.1) is 26.9 Å². The first-order chi connectivity index (χ1) is 10.7. The Hall–Kier alpha value is -2.69. The summed E-state index contributed by atoms with van der Waals surface area (Å²) in [5, 5.41) is 0. The molecule has 0 saturated heterocycles. The second kappa shape index (κ2) is 5.60. The van der Waals surface area contributed by atoms with Crippen LogP contribution in [-0.2, 0) is 4.74 Å². The molecule has 5 nitrogen and oxygen atoms in total.